The lowest BCUT2D eigenvalue weighted by Crippen LogP contribution is -2.14. The summed E-state index contributed by atoms with van der Waals surface area (Å²) in [6.07, 6.45) is 3.60. The molecule has 4 aromatic heterocycles. The van der Waals surface area contributed by atoms with Gasteiger partial charge < -0.3 is 19.0 Å². The topological polar surface area (TPSA) is 136 Å². The number of hydrogen-bond acceptors (Lipinski definition) is 8. The zero-order chi connectivity index (χ0) is 29.8. The lowest BCUT2D eigenvalue weighted by Gasteiger charge is -2.17. The van der Waals surface area contributed by atoms with Crippen LogP contribution in [0.2, 0.25) is 0 Å². The fourth-order valence-corrected chi connectivity index (χ4v) is 5.36. The van der Waals surface area contributed by atoms with Gasteiger partial charge in [0.2, 0.25) is 6.29 Å². The van der Waals surface area contributed by atoms with Crippen molar-refractivity contribution in [2.45, 2.75) is 39.0 Å². The zero-order valence-electron chi connectivity index (χ0n) is 24.2. The molecule has 11 nitrogen and oxygen atoms in total. The molecule has 0 bridgehead atoms. The van der Waals surface area contributed by atoms with Gasteiger partial charge in [0.1, 0.15) is 17.0 Å². The Balaban J connectivity index is 1.51. The molecule has 0 aliphatic carbocycles. The van der Waals surface area contributed by atoms with Crippen LogP contribution in [0.5, 0.6) is 0 Å². The van der Waals surface area contributed by atoms with Crippen molar-refractivity contribution in [2.75, 3.05) is 14.2 Å². The minimum atomic E-state index is -0.780. The van der Waals surface area contributed by atoms with Gasteiger partial charge in [-0.05, 0) is 57.8 Å². The highest BCUT2D eigenvalue weighted by molar-refractivity contribution is 5.82. The maximum atomic E-state index is 12.8. The molecule has 43 heavy (non-hydrogen) atoms. The lowest BCUT2D eigenvalue weighted by molar-refractivity contribution is -0.108. The van der Waals surface area contributed by atoms with Gasteiger partial charge >= 0.3 is 0 Å². The van der Waals surface area contributed by atoms with Crippen molar-refractivity contribution < 1.29 is 9.47 Å². The molecule has 6 aromatic rings. The van der Waals surface area contributed by atoms with E-state index in [1.54, 1.807) is 32.5 Å². The van der Waals surface area contributed by atoms with Gasteiger partial charge in [-0.1, -0.05) is 55.8 Å². The molecule has 2 aromatic carbocycles. The minimum absolute atomic E-state index is 0.227. The third-order valence-corrected chi connectivity index (χ3v) is 7.45. The molecule has 0 spiro atoms. The Kier molecular flexibility index (Phi) is 8.16. The number of aromatic amines is 2. The Bertz CT molecular complexity index is 1890. The molecule has 6 rings (SSSR count). The molecular formula is C32H32N8O3. The SMILES string of the molecule is CCCCc1nc2cc(-c3ccc[nH]c3=O)c(C(OC)OC)nc2n1Cc1ccc(-c2ccccc2)c(-c2nnn[nH]2)c1. The first-order valence-electron chi connectivity index (χ1n) is 14.2. The monoisotopic (exact) mass is 576 g/mol. The van der Waals surface area contributed by atoms with Gasteiger partial charge in [-0.25, -0.2) is 15.1 Å². The maximum Gasteiger partial charge on any atom is 0.255 e. The van der Waals surface area contributed by atoms with Gasteiger partial charge in [0.15, 0.2) is 11.5 Å². The second-order valence-corrected chi connectivity index (χ2v) is 10.2. The number of nitrogens with zero attached hydrogens (tertiary/aromatic N) is 6. The summed E-state index contributed by atoms with van der Waals surface area (Å²) in [5, 5.41) is 14.8. The first kappa shape index (κ1) is 28.1. The fourth-order valence-electron chi connectivity index (χ4n) is 5.36. The van der Waals surface area contributed by atoms with E-state index in [-0.39, 0.29) is 5.56 Å². The van der Waals surface area contributed by atoms with Crippen LogP contribution in [0.15, 0.2) is 77.7 Å². The smallest absolute Gasteiger partial charge is 0.255 e. The van der Waals surface area contributed by atoms with Crippen molar-refractivity contribution in [1.82, 2.24) is 40.1 Å². The van der Waals surface area contributed by atoms with Gasteiger partial charge in [-0.15, -0.1) is 5.10 Å². The molecule has 218 valence electrons. The molecule has 11 heteroatoms. The van der Waals surface area contributed by atoms with E-state index in [1.165, 1.54) is 0 Å². The van der Waals surface area contributed by atoms with Gasteiger partial charge in [-0.2, -0.15) is 0 Å². The zero-order valence-corrected chi connectivity index (χ0v) is 24.2. The number of aromatic nitrogens is 8. The molecule has 0 amide bonds. The second-order valence-electron chi connectivity index (χ2n) is 10.2. The molecule has 0 aliphatic heterocycles. The van der Waals surface area contributed by atoms with Crippen molar-refractivity contribution in [3.8, 4) is 33.6 Å². The highest BCUT2D eigenvalue weighted by atomic mass is 16.7. The number of H-pyrrole nitrogens is 2. The Morgan fingerprint density at radius 3 is 2.47 bits per heavy atom. The molecule has 0 unspecified atom stereocenters. The molecule has 2 N–H and O–H groups in total. The number of benzene rings is 2. The highest BCUT2D eigenvalue weighted by Crippen LogP contribution is 2.33. The number of imidazole rings is 1. The Morgan fingerprint density at radius 2 is 1.74 bits per heavy atom. The number of unbranched alkanes of at least 4 members (excludes halogenated alkanes) is 1. The third kappa shape index (κ3) is 5.60. The van der Waals surface area contributed by atoms with Crippen molar-refractivity contribution in [1.29, 1.82) is 0 Å². The van der Waals surface area contributed by atoms with Gasteiger partial charge in [0.25, 0.3) is 5.56 Å². The predicted molar refractivity (Wildman–Crippen MR) is 163 cm³/mol. The van der Waals surface area contributed by atoms with E-state index in [9.17, 15) is 4.79 Å². The number of methoxy groups -OCH3 is 2. The summed E-state index contributed by atoms with van der Waals surface area (Å²) in [7, 11) is 3.11. The molecule has 4 heterocycles. The number of ether oxygens (including phenoxy) is 2. The summed E-state index contributed by atoms with van der Waals surface area (Å²) in [5.41, 5.74) is 6.75. The molecular weight excluding hydrogens is 544 g/mol. The van der Waals surface area contributed by atoms with E-state index in [1.807, 2.05) is 24.3 Å². The summed E-state index contributed by atoms with van der Waals surface area (Å²) >= 11 is 0. The maximum absolute atomic E-state index is 12.8. The van der Waals surface area contributed by atoms with Crippen LogP contribution < -0.4 is 5.56 Å². The van der Waals surface area contributed by atoms with Crippen LogP contribution in [0.1, 0.15) is 43.1 Å². The van der Waals surface area contributed by atoms with Crippen LogP contribution in [0, 0.1) is 0 Å². The minimum Gasteiger partial charge on any atom is -0.350 e. The largest absolute Gasteiger partial charge is 0.350 e. The molecule has 0 aliphatic rings. The number of aryl methyl sites for hydroxylation is 1. The molecule has 0 fully saturated rings. The number of nitrogens with one attached hydrogen (secondary N) is 2. The molecule has 0 radical (unpaired) electrons. The van der Waals surface area contributed by atoms with Crippen LogP contribution in [0.4, 0.5) is 0 Å². The van der Waals surface area contributed by atoms with Crippen LogP contribution in [-0.4, -0.2) is 54.4 Å². The van der Waals surface area contributed by atoms with E-state index < -0.39 is 6.29 Å². The van der Waals surface area contributed by atoms with E-state index in [2.05, 4.69) is 67.4 Å². The number of rotatable bonds is 11. The first-order chi connectivity index (χ1) is 21.1. The second kappa shape index (κ2) is 12.5. The quantitative estimate of drug-likeness (QED) is 0.198. The summed E-state index contributed by atoms with van der Waals surface area (Å²) in [6, 6.07) is 21.9. The number of fused-ring (bicyclic) bond motifs is 1. The standard InChI is InChI=1S/C32H32N8O3/c1-4-5-13-27-34-26-18-24(23-12-9-16-33-31(23)41)28(32(42-2)43-3)35-30(26)40(27)19-20-14-15-22(21-10-7-6-8-11-21)25(17-20)29-36-38-39-37-29/h6-12,14-18,32H,4-5,13,19H2,1-3H3,(H,33,41)(H,36,37,38,39). The van der Waals surface area contributed by atoms with Crippen molar-refractivity contribution >= 4 is 11.2 Å². The number of pyridine rings is 2. The average Bonchev–Trinajstić information content (AvgIpc) is 3.70. The van der Waals surface area contributed by atoms with Gasteiger partial charge in [-0.3, -0.25) is 4.79 Å². The summed E-state index contributed by atoms with van der Waals surface area (Å²) in [4.78, 5) is 25.6. The summed E-state index contributed by atoms with van der Waals surface area (Å²) in [5.74, 6) is 1.50. The third-order valence-electron chi connectivity index (χ3n) is 7.45. The molecule has 0 saturated carbocycles. The Hall–Kier alpha value is -5.00. The van der Waals surface area contributed by atoms with Crippen LogP contribution in [-0.2, 0) is 22.4 Å². The van der Waals surface area contributed by atoms with Gasteiger partial charge in [0, 0.05) is 43.5 Å². The molecule has 0 saturated heterocycles. The van der Waals surface area contributed by atoms with Crippen molar-refractivity contribution in [3.63, 3.8) is 0 Å². The number of tetrazole rings is 1. The van der Waals surface area contributed by atoms with E-state index in [4.69, 9.17) is 19.4 Å². The van der Waals surface area contributed by atoms with Crippen LogP contribution in [0.25, 0.3) is 44.8 Å². The first-order valence-corrected chi connectivity index (χ1v) is 14.2. The normalized spacial score (nSPS) is 11.5. The summed E-state index contributed by atoms with van der Waals surface area (Å²) in [6.45, 7) is 2.67. The van der Waals surface area contributed by atoms with Gasteiger partial charge in [0.05, 0.1) is 6.54 Å². The van der Waals surface area contributed by atoms with E-state index in [0.717, 1.165) is 47.3 Å². The molecule has 0 atom stereocenters. The lowest BCUT2D eigenvalue weighted by atomic mass is 9.97. The van der Waals surface area contributed by atoms with E-state index in [0.29, 0.717) is 40.4 Å². The van der Waals surface area contributed by atoms with E-state index >= 15 is 0 Å². The predicted octanol–water partition coefficient (Wildman–Crippen LogP) is 5.32. The van der Waals surface area contributed by atoms with Crippen molar-refractivity contribution in [3.05, 3.63) is 100 Å². The average molecular weight is 577 g/mol. The van der Waals surface area contributed by atoms with Crippen LogP contribution >= 0.6 is 0 Å². The van der Waals surface area contributed by atoms with Crippen LogP contribution in [0.3, 0.4) is 0 Å². The highest BCUT2D eigenvalue weighted by Gasteiger charge is 2.24. The fraction of sp³-hybridized carbons (Fsp3) is 0.250. The van der Waals surface area contributed by atoms with Crippen molar-refractivity contribution in [2.24, 2.45) is 0 Å². The number of hydrogen-bond donors (Lipinski definition) is 2. The Labute approximate surface area is 248 Å². The Morgan fingerprint density at radius 1 is 0.907 bits per heavy atom. The summed E-state index contributed by atoms with van der Waals surface area (Å²) < 4.78 is 13.4.